The Kier molecular flexibility index (Phi) is 3.34. The molecule has 0 bridgehead atoms. The lowest BCUT2D eigenvalue weighted by Crippen LogP contribution is -2.06. The largest absolute Gasteiger partial charge is 0.496 e. The Balaban J connectivity index is 2.56. The number of hydrogen-bond donors (Lipinski definition) is 1. The minimum atomic E-state index is -4.48. The summed E-state index contributed by atoms with van der Waals surface area (Å²) >= 11 is 2.92. The molecule has 0 radical (unpaired) electrons. The van der Waals surface area contributed by atoms with Gasteiger partial charge in [-0.2, -0.15) is 18.3 Å². The van der Waals surface area contributed by atoms with E-state index in [4.69, 9.17) is 4.74 Å². The zero-order chi connectivity index (χ0) is 13.3. The summed E-state index contributed by atoms with van der Waals surface area (Å²) in [5, 5.41) is 5.68. The lowest BCUT2D eigenvalue weighted by atomic mass is 10.1. The predicted molar refractivity (Wildman–Crippen MR) is 63.3 cm³/mol. The maximum atomic E-state index is 12.6. The SMILES string of the molecule is COc1ccccc1-c1n[nH]c(C(F)(F)F)c1Br. The van der Waals surface area contributed by atoms with E-state index in [1.807, 2.05) is 5.10 Å². The third-order valence-electron chi connectivity index (χ3n) is 2.35. The van der Waals surface area contributed by atoms with E-state index in [2.05, 4.69) is 21.0 Å². The fraction of sp³-hybridized carbons (Fsp3) is 0.182. The molecule has 18 heavy (non-hydrogen) atoms. The Morgan fingerprint density at radius 1 is 1.28 bits per heavy atom. The highest BCUT2D eigenvalue weighted by atomic mass is 79.9. The fourth-order valence-electron chi connectivity index (χ4n) is 1.53. The molecule has 0 atom stereocenters. The Morgan fingerprint density at radius 2 is 1.94 bits per heavy atom. The van der Waals surface area contributed by atoms with Crippen molar-refractivity contribution in [2.24, 2.45) is 0 Å². The Bertz CT molecular complexity index is 566. The van der Waals surface area contributed by atoms with Crippen molar-refractivity contribution in [3.8, 4) is 17.0 Å². The average molecular weight is 321 g/mol. The lowest BCUT2D eigenvalue weighted by molar-refractivity contribution is -0.141. The van der Waals surface area contributed by atoms with E-state index in [1.54, 1.807) is 24.3 Å². The summed E-state index contributed by atoms with van der Waals surface area (Å²) < 4.78 is 42.9. The van der Waals surface area contributed by atoms with Gasteiger partial charge in [0.1, 0.15) is 11.4 Å². The molecule has 2 aromatic rings. The lowest BCUT2D eigenvalue weighted by Gasteiger charge is -2.06. The quantitative estimate of drug-likeness (QED) is 0.912. The maximum Gasteiger partial charge on any atom is 0.433 e. The minimum absolute atomic E-state index is 0.125. The van der Waals surface area contributed by atoms with E-state index in [-0.39, 0.29) is 10.2 Å². The number of nitrogens with zero attached hydrogens (tertiary/aromatic N) is 1. The number of halogens is 4. The molecule has 0 aliphatic rings. The summed E-state index contributed by atoms with van der Waals surface area (Å²) in [6, 6.07) is 6.73. The van der Waals surface area contributed by atoms with Crippen molar-refractivity contribution in [3.63, 3.8) is 0 Å². The van der Waals surface area contributed by atoms with Gasteiger partial charge in [0, 0.05) is 5.56 Å². The fourth-order valence-corrected chi connectivity index (χ4v) is 2.15. The van der Waals surface area contributed by atoms with Crippen LogP contribution in [-0.4, -0.2) is 17.3 Å². The number of alkyl halides is 3. The number of aromatic amines is 1. The van der Waals surface area contributed by atoms with E-state index >= 15 is 0 Å². The maximum absolute atomic E-state index is 12.6. The molecule has 1 aromatic carbocycles. The van der Waals surface area contributed by atoms with Crippen LogP contribution in [0.3, 0.4) is 0 Å². The van der Waals surface area contributed by atoms with Gasteiger partial charge in [-0.25, -0.2) is 0 Å². The number of methoxy groups -OCH3 is 1. The van der Waals surface area contributed by atoms with Gasteiger partial charge in [-0.3, -0.25) is 5.10 Å². The van der Waals surface area contributed by atoms with Crippen LogP contribution in [0.15, 0.2) is 28.7 Å². The minimum Gasteiger partial charge on any atom is -0.496 e. The summed E-state index contributed by atoms with van der Waals surface area (Å²) in [5.41, 5.74) is -0.262. The van der Waals surface area contributed by atoms with Gasteiger partial charge in [0.15, 0.2) is 5.69 Å². The average Bonchev–Trinajstić information content (AvgIpc) is 2.70. The molecule has 0 spiro atoms. The van der Waals surface area contributed by atoms with Crippen molar-refractivity contribution in [1.29, 1.82) is 0 Å². The van der Waals surface area contributed by atoms with Gasteiger partial charge in [0.25, 0.3) is 0 Å². The molecule has 1 heterocycles. The summed E-state index contributed by atoms with van der Waals surface area (Å²) in [5.74, 6) is 0.457. The Hall–Kier alpha value is -1.50. The second-order valence-corrected chi connectivity index (χ2v) is 4.25. The van der Waals surface area contributed by atoms with Crippen LogP contribution in [0.2, 0.25) is 0 Å². The van der Waals surface area contributed by atoms with E-state index in [0.29, 0.717) is 11.3 Å². The van der Waals surface area contributed by atoms with Crippen molar-refractivity contribution in [3.05, 3.63) is 34.4 Å². The summed E-state index contributed by atoms with van der Waals surface area (Å²) in [6.45, 7) is 0. The Labute approximate surface area is 109 Å². The van der Waals surface area contributed by atoms with Gasteiger partial charge >= 0.3 is 6.18 Å². The van der Waals surface area contributed by atoms with Gasteiger partial charge in [0.05, 0.1) is 11.6 Å². The highest BCUT2D eigenvalue weighted by molar-refractivity contribution is 9.10. The van der Waals surface area contributed by atoms with Crippen molar-refractivity contribution in [1.82, 2.24) is 10.2 Å². The van der Waals surface area contributed by atoms with Crippen LogP contribution < -0.4 is 4.74 Å². The van der Waals surface area contributed by atoms with Crippen molar-refractivity contribution in [2.75, 3.05) is 7.11 Å². The molecule has 0 fully saturated rings. The van der Waals surface area contributed by atoms with Crippen LogP contribution in [0.4, 0.5) is 13.2 Å². The van der Waals surface area contributed by atoms with Crippen LogP contribution in [0.25, 0.3) is 11.3 Å². The molecular formula is C11H8BrF3N2O. The van der Waals surface area contributed by atoms with Crippen LogP contribution in [0.1, 0.15) is 5.69 Å². The van der Waals surface area contributed by atoms with E-state index < -0.39 is 11.9 Å². The predicted octanol–water partition coefficient (Wildman–Crippen LogP) is 3.87. The smallest absolute Gasteiger partial charge is 0.433 e. The van der Waals surface area contributed by atoms with E-state index in [9.17, 15) is 13.2 Å². The molecule has 2 rings (SSSR count). The number of aromatic nitrogens is 2. The summed E-state index contributed by atoms with van der Waals surface area (Å²) in [7, 11) is 1.45. The van der Waals surface area contributed by atoms with Gasteiger partial charge in [-0.05, 0) is 28.1 Å². The first-order chi connectivity index (χ1) is 8.45. The van der Waals surface area contributed by atoms with Crippen LogP contribution in [-0.2, 0) is 6.18 Å². The molecule has 1 N–H and O–H groups in total. The molecule has 3 nitrogen and oxygen atoms in total. The van der Waals surface area contributed by atoms with E-state index in [1.165, 1.54) is 7.11 Å². The number of hydrogen-bond acceptors (Lipinski definition) is 2. The molecular weight excluding hydrogens is 313 g/mol. The molecule has 0 aliphatic heterocycles. The van der Waals surface area contributed by atoms with Crippen LogP contribution in [0, 0.1) is 0 Å². The molecule has 0 unspecified atom stereocenters. The summed E-state index contributed by atoms with van der Waals surface area (Å²) in [4.78, 5) is 0. The van der Waals surface area contributed by atoms with Crippen molar-refractivity contribution in [2.45, 2.75) is 6.18 Å². The first kappa shape index (κ1) is 12.9. The van der Waals surface area contributed by atoms with Gasteiger partial charge in [-0.1, -0.05) is 12.1 Å². The topological polar surface area (TPSA) is 37.9 Å². The number of benzene rings is 1. The number of nitrogens with one attached hydrogen (secondary N) is 1. The van der Waals surface area contributed by atoms with Gasteiger partial charge in [0.2, 0.25) is 0 Å². The summed E-state index contributed by atoms with van der Waals surface area (Å²) in [6.07, 6.45) is -4.48. The van der Waals surface area contributed by atoms with Crippen molar-refractivity contribution < 1.29 is 17.9 Å². The first-order valence-corrected chi connectivity index (χ1v) is 5.69. The number of ether oxygens (including phenoxy) is 1. The second-order valence-electron chi connectivity index (χ2n) is 3.46. The number of rotatable bonds is 2. The van der Waals surface area contributed by atoms with Crippen LogP contribution >= 0.6 is 15.9 Å². The third kappa shape index (κ3) is 2.22. The molecule has 0 saturated carbocycles. The van der Waals surface area contributed by atoms with Crippen LogP contribution in [0.5, 0.6) is 5.75 Å². The molecule has 0 amide bonds. The number of H-pyrrole nitrogens is 1. The first-order valence-electron chi connectivity index (χ1n) is 4.89. The molecule has 7 heteroatoms. The molecule has 0 aliphatic carbocycles. The number of para-hydroxylation sites is 1. The highest BCUT2D eigenvalue weighted by Gasteiger charge is 2.37. The Morgan fingerprint density at radius 3 is 2.50 bits per heavy atom. The van der Waals surface area contributed by atoms with Gasteiger partial charge < -0.3 is 4.74 Å². The van der Waals surface area contributed by atoms with E-state index in [0.717, 1.165) is 0 Å². The highest BCUT2D eigenvalue weighted by Crippen LogP contribution is 2.40. The monoisotopic (exact) mass is 320 g/mol. The molecule has 96 valence electrons. The molecule has 1 aromatic heterocycles. The van der Waals surface area contributed by atoms with Crippen molar-refractivity contribution >= 4 is 15.9 Å². The standard InChI is InChI=1S/C11H8BrF3N2O/c1-18-7-5-3-2-4-6(7)9-8(12)10(17-16-9)11(13,14)15/h2-5H,1H3,(H,16,17). The second kappa shape index (κ2) is 4.64. The molecule has 0 saturated heterocycles. The van der Waals surface area contributed by atoms with Gasteiger partial charge in [-0.15, -0.1) is 0 Å². The zero-order valence-corrected chi connectivity index (χ0v) is 10.8. The normalized spacial score (nSPS) is 11.6. The zero-order valence-electron chi connectivity index (χ0n) is 9.18. The third-order valence-corrected chi connectivity index (χ3v) is 3.12.